The smallest absolute Gasteiger partial charge is 0.339 e. The van der Waals surface area contributed by atoms with Gasteiger partial charge in [0, 0.05) is 21.7 Å². The fourth-order valence-corrected chi connectivity index (χ4v) is 3.69. The van der Waals surface area contributed by atoms with Gasteiger partial charge in [0.15, 0.2) is 6.61 Å². The van der Waals surface area contributed by atoms with Gasteiger partial charge in [-0.15, -0.1) is 23.1 Å². The van der Waals surface area contributed by atoms with Crippen LogP contribution < -0.4 is 5.73 Å². The highest BCUT2D eigenvalue weighted by Crippen LogP contribution is 2.27. The highest BCUT2D eigenvalue weighted by atomic mass is 32.2. The zero-order chi connectivity index (χ0) is 19.1. The monoisotopic (exact) mass is 387 g/mol. The van der Waals surface area contributed by atoms with E-state index in [0.717, 1.165) is 15.6 Å². The third-order valence-electron chi connectivity index (χ3n) is 3.27. The van der Waals surface area contributed by atoms with Crippen LogP contribution in [0, 0.1) is 18.3 Å². The molecule has 0 radical (unpaired) electrons. The second-order valence-electron chi connectivity index (χ2n) is 5.31. The Morgan fingerprint density at radius 2 is 2.12 bits per heavy atom. The number of esters is 1. The van der Waals surface area contributed by atoms with Crippen molar-refractivity contribution in [3.05, 3.63) is 57.2 Å². The summed E-state index contributed by atoms with van der Waals surface area (Å²) in [6, 6.07) is 8.71. The molecule has 2 rings (SSSR count). The van der Waals surface area contributed by atoms with Crippen molar-refractivity contribution in [3.63, 3.8) is 0 Å². The predicted molar refractivity (Wildman–Crippen MR) is 101 cm³/mol. The summed E-state index contributed by atoms with van der Waals surface area (Å²) < 4.78 is 5.06. The Hall–Kier alpha value is -2.63. The molecule has 1 heterocycles. The summed E-state index contributed by atoms with van der Waals surface area (Å²) in [6.45, 7) is 2.86. The van der Waals surface area contributed by atoms with Gasteiger partial charge in [0.05, 0.1) is 16.3 Å². The van der Waals surface area contributed by atoms with Crippen LogP contribution in [0.2, 0.25) is 0 Å². The summed E-state index contributed by atoms with van der Waals surface area (Å²) in [5.41, 5.74) is 6.69. The number of carbonyl (C=O) groups excluding carboxylic acids is 2. The molecule has 6 nitrogen and oxygen atoms in total. The third kappa shape index (κ3) is 5.18. The molecule has 0 aliphatic heterocycles. The van der Waals surface area contributed by atoms with Crippen LogP contribution in [-0.2, 0) is 15.3 Å². The van der Waals surface area contributed by atoms with Crippen molar-refractivity contribution in [2.75, 3.05) is 6.61 Å². The molecule has 1 aromatic carbocycles. The Bertz CT molecular complexity index is 893. The molecule has 26 heavy (non-hydrogen) atoms. The first kappa shape index (κ1) is 19.7. The van der Waals surface area contributed by atoms with Crippen molar-refractivity contribution >= 4 is 34.9 Å². The molecule has 2 N–H and O–H groups in total. The van der Waals surface area contributed by atoms with Gasteiger partial charge in [-0.25, -0.2) is 9.78 Å². The minimum absolute atomic E-state index is 0.100. The molecule has 8 heteroatoms. The van der Waals surface area contributed by atoms with Gasteiger partial charge in [-0.2, -0.15) is 5.26 Å². The van der Waals surface area contributed by atoms with E-state index in [4.69, 9.17) is 15.7 Å². The van der Waals surface area contributed by atoms with Crippen LogP contribution in [0.3, 0.4) is 0 Å². The average Bonchev–Trinajstić information content (AvgIpc) is 3.03. The standard InChI is InChI=1S/C18H17N3O3S2/c1-11(20)15(7-19)16(22)8-24-18(23)14-5-3-4-6-17(14)26-10-13-9-25-12(2)21-13/h3-6,9H,8,10,20H2,1-2H3/b15-11+. The maximum atomic E-state index is 12.3. The quantitative estimate of drug-likeness (QED) is 0.336. The Labute approximate surface area is 159 Å². The molecule has 0 saturated heterocycles. The van der Waals surface area contributed by atoms with E-state index in [0.29, 0.717) is 11.3 Å². The predicted octanol–water partition coefficient (Wildman–Crippen LogP) is 3.23. The Kier molecular flexibility index (Phi) is 6.95. The van der Waals surface area contributed by atoms with E-state index in [9.17, 15) is 9.59 Å². The van der Waals surface area contributed by atoms with Crippen molar-refractivity contribution < 1.29 is 14.3 Å². The summed E-state index contributed by atoms with van der Waals surface area (Å²) in [5.74, 6) is -0.617. The van der Waals surface area contributed by atoms with Gasteiger partial charge in [-0.1, -0.05) is 12.1 Å². The Morgan fingerprint density at radius 3 is 2.73 bits per heavy atom. The number of thioether (sulfide) groups is 1. The lowest BCUT2D eigenvalue weighted by atomic mass is 10.1. The molecule has 0 unspecified atom stereocenters. The highest BCUT2D eigenvalue weighted by molar-refractivity contribution is 7.98. The maximum absolute atomic E-state index is 12.3. The Morgan fingerprint density at radius 1 is 1.38 bits per heavy atom. The summed E-state index contributed by atoms with van der Waals surface area (Å²) in [5, 5.41) is 11.9. The summed E-state index contributed by atoms with van der Waals surface area (Å²) in [7, 11) is 0. The lowest BCUT2D eigenvalue weighted by Gasteiger charge is -2.08. The zero-order valence-electron chi connectivity index (χ0n) is 14.3. The van der Waals surface area contributed by atoms with E-state index >= 15 is 0 Å². The number of Topliss-reactive ketones (excluding diaryl/α,β-unsaturated/α-hetero) is 1. The minimum Gasteiger partial charge on any atom is -0.454 e. The SMILES string of the molecule is C/C(N)=C(/C#N)C(=O)COC(=O)c1ccccc1SCc1csc(C)n1. The molecule has 0 spiro atoms. The van der Waals surface area contributed by atoms with Crippen molar-refractivity contribution in [1.82, 2.24) is 4.98 Å². The molecule has 1 aromatic heterocycles. The summed E-state index contributed by atoms with van der Waals surface area (Å²) in [6.07, 6.45) is 0. The molecule has 134 valence electrons. The van der Waals surface area contributed by atoms with Crippen LogP contribution in [0.1, 0.15) is 28.0 Å². The first-order chi connectivity index (χ1) is 12.4. The van der Waals surface area contributed by atoms with Gasteiger partial charge in [0.1, 0.15) is 11.6 Å². The molecular formula is C18H17N3O3S2. The van der Waals surface area contributed by atoms with Crippen molar-refractivity contribution in [1.29, 1.82) is 5.26 Å². The number of carbonyl (C=O) groups is 2. The maximum Gasteiger partial charge on any atom is 0.339 e. The second kappa shape index (κ2) is 9.17. The number of hydrogen-bond acceptors (Lipinski definition) is 8. The minimum atomic E-state index is -0.622. The first-order valence-electron chi connectivity index (χ1n) is 7.62. The number of rotatable bonds is 7. The van der Waals surface area contributed by atoms with Crippen LogP contribution in [0.4, 0.5) is 0 Å². The molecule has 0 atom stereocenters. The number of allylic oxidation sites excluding steroid dienone is 1. The van der Waals surface area contributed by atoms with Crippen LogP contribution in [-0.4, -0.2) is 23.3 Å². The van der Waals surface area contributed by atoms with E-state index in [-0.39, 0.29) is 11.3 Å². The zero-order valence-corrected chi connectivity index (χ0v) is 15.9. The van der Waals surface area contributed by atoms with Gasteiger partial charge in [0.2, 0.25) is 5.78 Å². The van der Waals surface area contributed by atoms with Gasteiger partial charge in [-0.3, -0.25) is 4.79 Å². The molecule has 0 fully saturated rings. The summed E-state index contributed by atoms with van der Waals surface area (Å²) in [4.78, 5) is 29.4. The number of hydrogen-bond donors (Lipinski definition) is 1. The fraction of sp³-hybridized carbons (Fsp3) is 0.222. The number of nitrogens with zero attached hydrogens (tertiary/aromatic N) is 2. The summed E-state index contributed by atoms with van der Waals surface area (Å²) >= 11 is 3.04. The number of ketones is 1. The molecule has 0 aliphatic carbocycles. The van der Waals surface area contributed by atoms with Crippen LogP contribution >= 0.6 is 23.1 Å². The lowest BCUT2D eigenvalue weighted by Crippen LogP contribution is -2.18. The van der Waals surface area contributed by atoms with Crippen LogP contribution in [0.15, 0.2) is 45.8 Å². The van der Waals surface area contributed by atoms with Gasteiger partial charge >= 0.3 is 5.97 Å². The number of ether oxygens (including phenoxy) is 1. The van der Waals surface area contributed by atoms with E-state index in [1.54, 1.807) is 29.5 Å². The number of aromatic nitrogens is 1. The molecule has 2 aromatic rings. The van der Waals surface area contributed by atoms with E-state index in [1.165, 1.54) is 18.7 Å². The largest absolute Gasteiger partial charge is 0.454 e. The van der Waals surface area contributed by atoms with E-state index < -0.39 is 18.4 Å². The first-order valence-corrected chi connectivity index (χ1v) is 9.48. The number of aryl methyl sites for hydroxylation is 1. The third-order valence-corrected chi connectivity index (χ3v) is 5.20. The Balaban J connectivity index is 2.04. The van der Waals surface area contributed by atoms with Crippen molar-refractivity contribution in [2.45, 2.75) is 24.5 Å². The molecular weight excluding hydrogens is 370 g/mol. The van der Waals surface area contributed by atoms with Crippen LogP contribution in [0.25, 0.3) is 0 Å². The van der Waals surface area contributed by atoms with E-state index in [1.807, 2.05) is 24.4 Å². The molecule has 0 aliphatic rings. The average molecular weight is 387 g/mol. The number of thiazole rings is 1. The second-order valence-corrected chi connectivity index (χ2v) is 7.39. The van der Waals surface area contributed by atoms with Crippen LogP contribution in [0.5, 0.6) is 0 Å². The topological polar surface area (TPSA) is 106 Å². The number of nitriles is 1. The highest BCUT2D eigenvalue weighted by Gasteiger charge is 2.17. The normalized spacial score (nSPS) is 11.4. The van der Waals surface area contributed by atoms with Gasteiger partial charge in [-0.05, 0) is 26.0 Å². The lowest BCUT2D eigenvalue weighted by molar-refractivity contribution is -0.118. The number of benzene rings is 1. The molecule has 0 saturated carbocycles. The van der Waals surface area contributed by atoms with E-state index in [2.05, 4.69) is 4.98 Å². The molecule has 0 amide bonds. The molecule has 0 bridgehead atoms. The van der Waals surface area contributed by atoms with Gasteiger partial charge in [0.25, 0.3) is 0 Å². The number of nitrogens with two attached hydrogens (primary N) is 1. The van der Waals surface area contributed by atoms with Crippen molar-refractivity contribution in [2.24, 2.45) is 5.73 Å². The van der Waals surface area contributed by atoms with Gasteiger partial charge < -0.3 is 10.5 Å². The fourth-order valence-electron chi connectivity index (χ4n) is 2.04. The van der Waals surface area contributed by atoms with Crippen molar-refractivity contribution in [3.8, 4) is 6.07 Å².